The van der Waals surface area contributed by atoms with Crippen LogP contribution in [0.2, 0.25) is 0 Å². The molecule has 0 spiro atoms. The summed E-state index contributed by atoms with van der Waals surface area (Å²) in [6.07, 6.45) is 0. The van der Waals surface area contributed by atoms with Gasteiger partial charge in [0.25, 0.3) is 0 Å². The van der Waals surface area contributed by atoms with Gasteiger partial charge in [-0.25, -0.2) is 0 Å². The molecule has 0 fully saturated rings. The molecule has 0 aromatic carbocycles. The average molecular weight is 380 g/mol. The zero-order valence-electron chi connectivity index (χ0n) is 6.17. The third kappa shape index (κ3) is 53.5. The molecule has 11 nitrogen and oxygen atoms in total. The third-order valence-electron chi connectivity index (χ3n) is 0.172. The minimum atomic E-state index is -5.76. The summed E-state index contributed by atoms with van der Waals surface area (Å²) in [7, 11) is -4.67. The molecule has 0 aromatic heterocycles. The molecule has 4 N–H and O–H groups in total. The van der Waals surface area contributed by atoms with Gasteiger partial charge in [0.15, 0.2) is 0 Å². The molecule has 0 saturated heterocycles. The summed E-state index contributed by atoms with van der Waals surface area (Å²) in [5.41, 5.74) is 0. The average Bonchev–Trinajstić information content (AvgIpc) is 1.42. The summed E-state index contributed by atoms with van der Waals surface area (Å²) >= 11 is -11.5. The van der Waals surface area contributed by atoms with Gasteiger partial charge in [-0.3, -0.25) is 9.11 Å². The van der Waals surface area contributed by atoms with E-state index in [-0.39, 0.29) is 17.1 Å². The second kappa shape index (κ2) is 6.98. The van der Waals surface area contributed by atoms with Gasteiger partial charge < -0.3 is 0 Å². The summed E-state index contributed by atoms with van der Waals surface area (Å²) in [5.74, 6) is 0. The standard InChI is InChI=1S/2Cr.Cu.H2O4S.2H2O.5O/c;;;1-5(2,3)4;;;;;;;/h;;;(H2,1,2,3,4);2*1H2;;;;;/q2*+1;;;;;;;;;/p-2. The zero-order chi connectivity index (χ0) is 12.2. The molecular formula is H4Cr2CuO11S. The minimum absolute atomic E-state index is 0. The molecule has 1 radical (unpaired) electrons. The van der Waals surface area contributed by atoms with Crippen LogP contribution in [0.15, 0.2) is 0 Å². The van der Waals surface area contributed by atoms with Crippen LogP contribution in [0.25, 0.3) is 0 Å². The van der Waals surface area contributed by atoms with Gasteiger partial charge in [0.1, 0.15) is 0 Å². The first kappa shape index (κ1) is 20.9. The van der Waals surface area contributed by atoms with Gasteiger partial charge in [-0.2, -0.15) is 8.42 Å². The van der Waals surface area contributed by atoms with Crippen molar-refractivity contribution in [3.63, 3.8) is 0 Å². The molecule has 0 rings (SSSR count). The first-order valence-corrected chi connectivity index (χ1v) is 7.72. The van der Waals surface area contributed by atoms with E-state index >= 15 is 0 Å². The van der Waals surface area contributed by atoms with Crippen LogP contribution in [-0.4, -0.2) is 25.8 Å². The van der Waals surface area contributed by atoms with Crippen molar-refractivity contribution in [1.29, 1.82) is 0 Å². The van der Waals surface area contributed by atoms with Crippen molar-refractivity contribution in [3.8, 4) is 0 Å². The van der Waals surface area contributed by atoms with E-state index in [0.29, 0.717) is 0 Å². The summed E-state index contributed by atoms with van der Waals surface area (Å²) in [5, 5.41) is 0. The Labute approximate surface area is 98.3 Å². The van der Waals surface area contributed by atoms with E-state index in [4.69, 9.17) is 25.8 Å². The number of hydrogen-bond donors (Lipinski definition) is 4. The van der Waals surface area contributed by atoms with E-state index in [1.807, 2.05) is 0 Å². The first-order chi connectivity index (χ1) is 5.71. The molecule has 0 aromatic rings. The van der Waals surface area contributed by atoms with Crippen molar-refractivity contribution in [2.24, 2.45) is 0 Å². The van der Waals surface area contributed by atoms with Gasteiger partial charge >= 0.3 is 64.0 Å². The van der Waals surface area contributed by atoms with E-state index in [0.717, 1.165) is 0 Å². The predicted octanol–water partition coefficient (Wildman–Crippen LogP) is -2.32. The Kier molecular flexibility index (Phi) is 9.72. The van der Waals surface area contributed by atoms with Crippen LogP contribution in [0.4, 0.5) is 0 Å². The van der Waals surface area contributed by atoms with Crippen molar-refractivity contribution in [2.75, 3.05) is 0 Å². The molecule has 15 heavy (non-hydrogen) atoms. The van der Waals surface area contributed by atoms with Crippen LogP contribution in [-0.2, 0) is 72.7 Å². The molecule has 0 amide bonds. The quantitative estimate of drug-likeness (QED) is 0.297. The fourth-order valence-corrected chi connectivity index (χ4v) is 1.85. The predicted molar refractivity (Wildman–Crippen MR) is 22.4 cm³/mol. The second-order valence-electron chi connectivity index (χ2n) is 1.37. The van der Waals surface area contributed by atoms with Crippen molar-refractivity contribution >= 4 is 10.4 Å². The third-order valence-corrected chi connectivity index (χ3v) is 2.92. The van der Waals surface area contributed by atoms with Crippen molar-refractivity contribution in [3.05, 3.63) is 0 Å². The Bertz CT molecular complexity index is 411. The molecule has 0 saturated carbocycles. The molecule has 0 heterocycles. The van der Waals surface area contributed by atoms with Crippen LogP contribution in [0.1, 0.15) is 0 Å². The first-order valence-electron chi connectivity index (χ1n) is 2.06. The van der Waals surface area contributed by atoms with Gasteiger partial charge in [-0.1, -0.05) is 0 Å². The van der Waals surface area contributed by atoms with Gasteiger partial charge in [-0.05, 0) is 0 Å². The normalized spacial score (nSPS) is 12.0. The van der Waals surface area contributed by atoms with Gasteiger partial charge in [0.2, 0.25) is 0 Å². The molecule has 15 heteroatoms. The van der Waals surface area contributed by atoms with Crippen molar-refractivity contribution in [1.82, 2.24) is 0 Å². The van der Waals surface area contributed by atoms with Crippen LogP contribution in [0.3, 0.4) is 0 Å². The topological polar surface area (TPSA) is 193 Å². The van der Waals surface area contributed by atoms with E-state index in [9.17, 15) is 15.2 Å². The number of hydrogen-bond acceptors (Lipinski definition) is 7. The fraction of sp³-hybridized carbons (Fsp3) is 0. The van der Waals surface area contributed by atoms with Crippen molar-refractivity contribution < 1.29 is 88.2 Å². The van der Waals surface area contributed by atoms with Crippen LogP contribution >= 0.6 is 0 Å². The maximum atomic E-state index is 9.53. The van der Waals surface area contributed by atoms with Gasteiger partial charge in [-0.15, -0.1) is 0 Å². The van der Waals surface area contributed by atoms with E-state index in [1.165, 1.54) is 0 Å². The summed E-state index contributed by atoms with van der Waals surface area (Å²) in [4.78, 5) is 0. The summed E-state index contributed by atoms with van der Waals surface area (Å²) < 4.78 is 87.8. The number of rotatable bonds is 2. The molecular weight excluding hydrogens is 376 g/mol. The van der Waals surface area contributed by atoms with E-state index in [1.54, 1.807) is 0 Å². The maximum absolute atomic E-state index is 9.53. The van der Waals surface area contributed by atoms with Crippen LogP contribution in [0, 0.1) is 0 Å². The Morgan fingerprint density at radius 3 is 1.00 bits per heavy atom. The Morgan fingerprint density at radius 2 is 1.00 bits per heavy atom. The monoisotopic (exact) mass is 379 g/mol. The summed E-state index contributed by atoms with van der Waals surface area (Å²) in [6.45, 7) is 0. The molecule has 0 aliphatic rings. The Hall–Kier alpha value is 0.534. The van der Waals surface area contributed by atoms with E-state index < -0.39 is 37.6 Å². The van der Waals surface area contributed by atoms with Gasteiger partial charge in [0.05, 0.1) is 0 Å². The SMILES string of the molecule is O=S(=O)(O)O.[Cu].[O]=[Cr](=[O])([OH])[O][Cr](=[O])(=[O])[OH]. The second-order valence-corrected chi connectivity index (χ2v) is 6.03. The Balaban J connectivity index is -0.000000208. The fourth-order valence-electron chi connectivity index (χ4n) is 0.109. The summed E-state index contributed by atoms with van der Waals surface area (Å²) in [6, 6.07) is 0. The van der Waals surface area contributed by atoms with Crippen molar-refractivity contribution in [2.45, 2.75) is 0 Å². The molecule has 99 valence electrons. The molecule has 0 aliphatic carbocycles. The zero-order valence-corrected chi connectivity index (χ0v) is 10.5. The van der Waals surface area contributed by atoms with Crippen LogP contribution < -0.4 is 0 Å². The molecule has 0 atom stereocenters. The molecule has 0 unspecified atom stereocenters. The molecule has 0 aliphatic heterocycles. The molecule has 0 bridgehead atoms. The van der Waals surface area contributed by atoms with Gasteiger partial charge in [0, 0.05) is 17.1 Å². The van der Waals surface area contributed by atoms with Crippen LogP contribution in [0.5, 0.6) is 0 Å². The Morgan fingerprint density at radius 1 is 0.867 bits per heavy atom. The van der Waals surface area contributed by atoms with E-state index in [2.05, 4.69) is 2.84 Å².